The summed E-state index contributed by atoms with van der Waals surface area (Å²) in [5.74, 6) is -3.01. The molecule has 2 fully saturated rings. The lowest BCUT2D eigenvalue weighted by Crippen LogP contribution is -2.57. The van der Waals surface area contributed by atoms with E-state index in [9.17, 15) is 14.4 Å². The Labute approximate surface area is 208 Å². The Morgan fingerprint density at radius 3 is 2.14 bits per heavy atom. The van der Waals surface area contributed by atoms with E-state index >= 15 is 0 Å². The first-order valence-electron chi connectivity index (χ1n) is 11.5. The lowest BCUT2D eigenvalue weighted by atomic mass is 9.76. The summed E-state index contributed by atoms with van der Waals surface area (Å²) in [6, 6.07) is 25.4. The minimum absolute atomic E-state index is 0.142. The predicted octanol–water partition coefficient (Wildman–Crippen LogP) is 3.94. The van der Waals surface area contributed by atoms with E-state index in [1.807, 2.05) is 72.8 Å². The number of likely N-dealkylation sites (tertiary alicyclic amines) is 1. The van der Waals surface area contributed by atoms with E-state index in [0.717, 1.165) is 11.1 Å². The molecule has 0 aromatic heterocycles. The van der Waals surface area contributed by atoms with Crippen molar-refractivity contribution < 1.29 is 19.1 Å². The van der Waals surface area contributed by atoms with Gasteiger partial charge < -0.3 is 4.74 Å². The minimum Gasteiger partial charge on any atom is -0.468 e. The zero-order valence-corrected chi connectivity index (χ0v) is 19.9. The Bertz CT molecular complexity index is 1270. The lowest BCUT2D eigenvalue weighted by Gasteiger charge is -2.32. The van der Waals surface area contributed by atoms with Gasteiger partial charge in [0.05, 0.1) is 25.5 Å². The van der Waals surface area contributed by atoms with Crippen molar-refractivity contribution in [2.75, 3.05) is 7.11 Å². The number of hydrogen-bond donors (Lipinski definition) is 1. The molecule has 0 saturated carbocycles. The van der Waals surface area contributed by atoms with Gasteiger partial charge in [0.15, 0.2) is 0 Å². The Balaban J connectivity index is 1.64. The van der Waals surface area contributed by atoms with E-state index in [-0.39, 0.29) is 24.8 Å². The molecule has 4 atom stereocenters. The molecule has 3 aromatic carbocycles. The van der Waals surface area contributed by atoms with Gasteiger partial charge in [-0.1, -0.05) is 90.5 Å². The van der Waals surface area contributed by atoms with Crippen LogP contribution in [0, 0.1) is 11.8 Å². The topological polar surface area (TPSA) is 75.7 Å². The van der Waals surface area contributed by atoms with Crippen LogP contribution in [-0.4, -0.2) is 35.3 Å². The van der Waals surface area contributed by atoms with Crippen molar-refractivity contribution in [1.29, 1.82) is 0 Å². The summed E-state index contributed by atoms with van der Waals surface area (Å²) in [5, 5.41) is 3.84. The maximum atomic E-state index is 13.9. The Morgan fingerprint density at radius 1 is 0.914 bits per heavy atom. The number of methoxy groups -OCH3 is 1. The molecule has 2 amide bonds. The van der Waals surface area contributed by atoms with Crippen LogP contribution in [0.25, 0.3) is 0 Å². The van der Waals surface area contributed by atoms with Crippen molar-refractivity contribution >= 4 is 29.4 Å². The number of ether oxygens (including phenoxy) is 1. The number of nitrogens with one attached hydrogen (secondary N) is 1. The SMILES string of the molecule is COC(=O)[C@]1(Cc2ccccc2)N[C@H](c2ccccc2Cl)[C@H]2C(=O)N(Cc3ccccc3)C(=O)[C@@H]21. The van der Waals surface area contributed by atoms with Crippen LogP contribution in [0.4, 0.5) is 0 Å². The molecule has 6 nitrogen and oxygen atoms in total. The number of nitrogens with zero attached hydrogens (tertiary/aromatic N) is 1. The van der Waals surface area contributed by atoms with Crippen LogP contribution >= 0.6 is 11.6 Å². The maximum Gasteiger partial charge on any atom is 0.327 e. The highest BCUT2D eigenvalue weighted by molar-refractivity contribution is 6.31. The van der Waals surface area contributed by atoms with E-state index in [1.54, 1.807) is 12.1 Å². The monoisotopic (exact) mass is 488 g/mol. The molecular formula is C28H25ClN2O4. The normalized spacial score (nSPS) is 25.5. The molecule has 35 heavy (non-hydrogen) atoms. The highest BCUT2D eigenvalue weighted by Gasteiger charge is 2.68. The molecule has 2 saturated heterocycles. The number of fused-ring (bicyclic) bond motifs is 1. The standard InChI is InChI=1S/C28H25ClN2O4/c1-35-27(34)28(16-18-10-4-2-5-11-18)23-22(24(30-28)20-14-8-9-15-21(20)29)25(32)31(26(23)33)17-19-12-6-3-7-13-19/h2-15,22-24,30H,16-17H2,1H3/t22-,23+,24+,28+/m0/s1. The van der Waals surface area contributed by atoms with E-state index in [2.05, 4.69) is 5.32 Å². The number of amides is 2. The number of carbonyl (C=O) groups is 3. The van der Waals surface area contributed by atoms with Gasteiger partial charge in [0.2, 0.25) is 11.8 Å². The second kappa shape index (κ2) is 9.29. The average Bonchev–Trinajstić information content (AvgIpc) is 3.34. The average molecular weight is 489 g/mol. The molecule has 7 heteroatoms. The molecule has 2 aliphatic rings. The van der Waals surface area contributed by atoms with E-state index in [4.69, 9.17) is 16.3 Å². The third-order valence-electron chi connectivity index (χ3n) is 7.04. The van der Waals surface area contributed by atoms with Gasteiger partial charge in [0.25, 0.3) is 0 Å². The molecule has 2 aliphatic heterocycles. The molecule has 0 aliphatic carbocycles. The highest BCUT2D eigenvalue weighted by Crippen LogP contribution is 2.51. The van der Waals surface area contributed by atoms with Crippen LogP contribution in [0.15, 0.2) is 84.9 Å². The van der Waals surface area contributed by atoms with Gasteiger partial charge in [0, 0.05) is 17.5 Å². The van der Waals surface area contributed by atoms with E-state index in [0.29, 0.717) is 10.6 Å². The summed E-state index contributed by atoms with van der Waals surface area (Å²) in [6.45, 7) is 0.142. The molecule has 0 radical (unpaired) electrons. The smallest absolute Gasteiger partial charge is 0.327 e. The number of carbonyl (C=O) groups excluding carboxylic acids is 3. The summed E-state index contributed by atoms with van der Waals surface area (Å²) < 4.78 is 5.25. The largest absolute Gasteiger partial charge is 0.468 e. The molecule has 1 N–H and O–H groups in total. The Kier molecular flexibility index (Phi) is 6.17. The predicted molar refractivity (Wildman–Crippen MR) is 131 cm³/mol. The first-order valence-corrected chi connectivity index (χ1v) is 11.9. The molecule has 0 bridgehead atoms. The number of rotatable bonds is 6. The van der Waals surface area contributed by atoms with Crippen LogP contribution in [0.5, 0.6) is 0 Å². The number of halogens is 1. The van der Waals surface area contributed by atoms with Crippen LogP contribution in [-0.2, 0) is 32.1 Å². The van der Waals surface area contributed by atoms with Gasteiger partial charge in [-0.2, -0.15) is 0 Å². The zero-order chi connectivity index (χ0) is 24.6. The van der Waals surface area contributed by atoms with Gasteiger partial charge in [-0.25, -0.2) is 0 Å². The third-order valence-corrected chi connectivity index (χ3v) is 7.39. The Hall–Kier alpha value is -3.48. The van der Waals surface area contributed by atoms with E-state index in [1.165, 1.54) is 12.0 Å². The maximum absolute atomic E-state index is 13.9. The summed E-state index contributed by atoms with van der Waals surface area (Å²) in [6.07, 6.45) is 0.195. The first-order chi connectivity index (χ1) is 17.0. The summed E-state index contributed by atoms with van der Waals surface area (Å²) >= 11 is 6.55. The summed E-state index contributed by atoms with van der Waals surface area (Å²) in [4.78, 5) is 42.5. The van der Waals surface area contributed by atoms with Crippen LogP contribution < -0.4 is 5.32 Å². The molecule has 178 valence electrons. The van der Waals surface area contributed by atoms with Gasteiger partial charge in [-0.15, -0.1) is 0 Å². The third kappa shape index (κ3) is 3.93. The number of imide groups is 1. The molecule has 2 heterocycles. The summed E-state index contributed by atoms with van der Waals surface area (Å²) in [5.41, 5.74) is 0.933. The fourth-order valence-electron chi connectivity index (χ4n) is 5.50. The van der Waals surface area contributed by atoms with Crippen molar-refractivity contribution in [2.45, 2.75) is 24.5 Å². The second-order valence-corrected chi connectivity index (χ2v) is 9.43. The van der Waals surface area contributed by atoms with Crippen molar-refractivity contribution in [3.8, 4) is 0 Å². The molecular weight excluding hydrogens is 464 g/mol. The lowest BCUT2D eigenvalue weighted by molar-refractivity contribution is -0.154. The van der Waals surface area contributed by atoms with Crippen molar-refractivity contribution in [3.63, 3.8) is 0 Å². The molecule has 0 spiro atoms. The fraction of sp³-hybridized carbons (Fsp3) is 0.250. The first kappa shape index (κ1) is 23.3. The molecule has 3 aromatic rings. The molecule has 5 rings (SSSR count). The zero-order valence-electron chi connectivity index (χ0n) is 19.2. The van der Waals surface area contributed by atoms with Crippen molar-refractivity contribution in [3.05, 3.63) is 107 Å². The van der Waals surface area contributed by atoms with Crippen LogP contribution in [0.2, 0.25) is 5.02 Å². The van der Waals surface area contributed by atoms with E-state index < -0.39 is 29.4 Å². The fourth-order valence-corrected chi connectivity index (χ4v) is 5.75. The summed E-state index contributed by atoms with van der Waals surface area (Å²) in [7, 11) is 1.30. The second-order valence-electron chi connectivity index (χ2n) is 9.02. The van der Waals surface area contributed by atoms with Gasteiger partial charge in [-0.05, 0) is 22.8 Å². The van der Waals surface area contributed by atoms with Gasteiger partial charge >= 0.3 is 5.97 Å². The quantitative estimate of drug-likeness (QED) is 0.420. The Morgan fingerprint density at radius 2 is 1.51 bits per heavy atom. The number of hydrogen-bond acceptors (Lipinski definition) is 5. The number of esters is 1. The van der Waals surface area contributed by atoms with Crippen molar-refractivity contribution in [1.82, 2.24) is 10.2 Å². The van der Waals surface area contributed by atoms with Crippen LogP contribution in [0.1, 0.15) is 22.7 Å². The molecule has 0 unspecified atom stereocenters. The van der Waals surface area contributed by atoms with Crippen LogP contribution in [0.3, 0.4) is 0 Å². The van der Waals surface area contributed by atoms with Crippen molar-refractivity contribution in [2.24, 2.45) is 11.8 Å². The number of benzene rings is 3. The van der Waals surface area contributed by atoms with Gasteiger partial charge in [0.1, 0.15) is 5.54 Å². The van der Waals surface area contributed by atoms with Gasteiger partial charge in [-0.3, -0.25) is 24.6 Å². The minimum atomic E-state index is -1.43. The highest BCUT2D eigenvalue weighted by atomic mass is 35.5.